The molecule has 0 aliphatic carbocycles. The molecular weight excluding hydrogens is 533 g/mol. The molecule has 3 aromatic carbocycles. The van der Waals surface area contributed by atoms with Gasteiger partial charge in [0.25, 0.3) is 0 Å². The average Bonchev–Trinajstić information content (AvgIpc) is 2.69. The average molecular weight is 553 g/mol. The van der Waals surface area contributed by atoms with Crippen LogP contribution in [0.4, 0.5) is 11.4 Å². The van der Waals surface area contributed by atoms with Crippen LogP contribution in [0.25, 0.3) is 0 Å². The Balaban J connectivity index is 1.86. The first-order valence-electron chi connectivity index (χ1n) is 9.07. The molecule has 0 bridgehead atoms. The van der Waals surface area contributed by atoms with Gasteiger partial charge in [0.05, 0.1) is 0 Å². The van der Waals surface area contributed by atoms with E-state index >= 15 is 0 Å². The number of amides is 1. The summed E-state index contributed by atoms with van der Waals surface area (Å²) in [5.74, 6) is -0.495. The van der Waals surface area contributed by atoms with Gasteiger partial charge in [0.1, 0.15) is 0 Å². The molecule has 1 amide bonds. The summed E-state index contributed by atoms with van der Waals surface area (Å²) in [5, 5.41) is 11.6. The van der Waals surface area contributed by atoms with Gasteiger partial charge < -0.3 is 0 Å². The number of nitrogens with zero attached hydrogens (tertiary/aromatic N) is 1. The Labute approximate surface area is 190 Å². The molecular formula is C21H20IN3O5S. The molecule has 0 spiro atoms. The molecule has 0 aliphatic rings. The minimum atomic E-state index is -3.91. The van der Waals surface area contributed by atoms with Crippen molar-refractivity contribution < 1.29 is 43.0 Å². The van der Waals surface area contributed by atoms with E-state index in [2.05, 4.69) is 10.0 Å². The van der Waals surface area contributed by atoms with Crippen LogP contribution in [0, 0.1) is 22.3 Å². The third-order valence-corrected chi connectivity index (χ3v) is 7.53. The van der Waals surface area contributed by atoms with Crippen LogP contribution >= 0.6 is 0 Å². The van der Waals surface area contributed by atoms with Gasteiger partial charge in [-0.3, -0.25) is 0 Å². The Morgan fingerprint density at radius 2 is 1.71 bits per heavy atom. The van der Waals surface area contributed by atoms with Gasteiger partial charge in [0.2, 0.25) is 0 Å². The topological polar surface area (TPSA) is 116 Å². The molecule has 10 heteroatoms. The molecule has 0 saturated carbocycles. The van der Waals surface area contributed by atoms with Crippen molar-refractivity contribution in [1.82, 2.24) is 0 Å². The molecule has 0 atom stereocenters. The van der Waals surface area contributed by atoms with Crippen LogP contribution in [0.3, 0.4) is 0 Å². The van der Waals surface area contributed by atoms with Crippen LogP contribution in [0.5, 0.6) is 0 Å². The fraction of sp³-hybridized carbons (Fsp3) is 0.0952. The zero-order chi connectivity index (χ0) is 22.6. The number of halogens is 1. The zero-order valence-corrected chi connectivity index (χ0v) is 19.6. The monoisotopic (exact) mass is 553 g/mol. The molecule has 31 heavy (non-hydrogen) atoms. The summed E-state index contributed by atoms with van der Waals surface area (Å²) < 4.78 is 29.0. The van der Waals surface area contributed by atoms with E-state index in [1.807, 2.05) is 6.07 Å². The van der Waals surface area contributed by atoms with Crippen molar-refractivity contribution >= 4 is 27.3 Å². The van der Waals surface area contributed by atoms with E-state index in [9.17, 15) is 18.1 Å². The van der Waals surface area contributed by atoms with Crippen molar-refractivity contribution in [1.29, 1.82) is 0 Å². The van der Waals surface area contributed by atoms with Gasteiger partial charge in [0, 0.05) is 0 Å². The van der Waals surface area contributed by atoms with Gasteiger partial charge in [0.15, 0.2) is 0 Å². The number of carbonyl (C=O) groups is 1. The van der Waals surface area contributed by atoms with Crippen LogP contribution in [-0.4, -0.2) is 22.7 Å². The summed E-state index contributed by atoms with van der Waals surface area (Å²) in [6.45, 7) is 3.46. The van der Waals surface area contributed by atoms with Crippen LogP contribution in [0.1, 0.15) is 21.5 Å². The van der Waals surface area contributed by atoms with Crippen LogP contribution in [0.2, 0.25) is 0 Å². The second kappa shape index (κ2) is 9.43. The quantitative estimate of drug-likeness (QED) is 0.227. The van der Waals surface area contributed by atoms with Crippen molar-refractivity contribution in [3.05, 3.63) is 91.9 Å². The van der Waals surface area contributed by atoms with E-state index in [0.29, 0.717) is 20.5 Å². The number of hydrogen-bond donors (Lipinski definition) is 3. The maximum absolute atomic E-state index is 13.0. The number of nitrogens with one attached hydrogen (secondary N) is 2. The first-order valence-corrected chi connectivity index (χ1v) is 12.6. The second-order valence-corrected chi connectivity index (χ2v) is 10.9. The SMILES string of the molecule is Cc1ccccc1NS(=O)(=O)c1cc(C(=O)Nc2cccc([I-][N+](=O)O)c2)ccc1C. The molecule has 0 heterocycles. The Morgan fingerprint density at radius 3 is 2.42 bits per heavy atom. The maximum atomic E-state index is 13.0. The summed E-state index contributed by atoms with van der Waals surface area (Å²) in [6, 6.07) is 18.0. The van der Waals surface area contributed by atoms with Crippen molar-refractivity contribution in [2.45, 2.75) is 18.7 Å². The molecule has 162 valence electrons. The normalized spacial score (nSPS) is 11.2. The second-order valence-electron chi connectivity index (χ2n) is 6.68. The third kappa shape index (κ3) is 5.79. The summed E-state index contributed by atoms with van der Waals surface area (Å²) in [4.78, 5) is 23.6. The summed E-state index contributed by atoms with van der Waals surface area (Å²) in [6.07, 6.45) is 0. The molecule has 3 N–H and O–H groups in total. The molecule has 3 aromatic rings. The standard InChI is InChI=1S/C21H20IN3O5S/c1-14-6-3-4-9-19(14)24-31(29,30)20-12-16(11-10-15(20)2)21(26)23-18-8-5-7-17(13-18)22-25(27)28/h3-13,24H,1-2H3,(H,23,26)(H,27,28). The zero-order valence-electron chi connectivity index (χ0n) is 16.7. The Bertz CT molecular complexity index is 1260. The van der Waals surface area contributed by atoms with Gasteiger partial charge in [-0.2, -0.15) is 0 Å². The van der Waals surface area contributed by atoms with Crippen molar-refractivity contribution in [2.75, 3.05) is 10.0 Å². The molecule has 0 aromatic heterocycles. The van der Waals surface area contributed by atoms with E-state index in [4.69, 9.17) is 5.21 Å². The first-order chi connectivity index (χ1) is 14.7. The number of hydrogen-bond acceptors (Lipinski definition) is 4. The fourth-order valence-electron chi connectivity index (χ4n) is 2.82. The summed E-state index contributed by atoms with van der Waals surface area (Å²) in [7, 11) is -3.91. The van der Waals surface area contributed by atoms with Gasteiger partial charge in [-0.25, -0.2) is 0 Å². The molecule has 0 radical (unpaired) electrons. The molecule has 3 rings (SSSR count). The van der Waals surface area contributed by atoms with Gasteiger partial charge in [-0.15, -0.1) is 0 Å². The van der Waals surface area contributed by atoms with E-state index in [1.165, 1.54) is 6.07 Å². The number of benzene rings is 3. The van der Waals surface area contributed by atoms with Crippen molar-refractivity contribution in [2.24, 2.45) is 0 Å². The molecule has 0 fully saturated rings. The number of aryl methyl sites for hydroxylation is 2. The fourth-order valence-corrected chi connectivity index (χ4v) is 5.55. The van der Waals surface area contributed by atoms with Gasteiger partial charge in [-0.1, -0.05) is 18.2 Å². The van der Waals surface area contributed by atoms with E-state index in [0.717, 1.165) is 5.56 Å². The van der Waals surface area contributed by atoms with Crippen LogP contribution in [-0.2, 0) is 10.0 Å². The summed E-state index contributed by atoms with van der Waals surface area (Å²) in [5.41, 5.74) is 2.35. The number of para-hydroxylation sites is 1. The predicted molar refractivity (Wildman–Crippen MR) is 112 cm³/mol. The molecule has 0 unspecified atom stereocenters. The van der Waals surface area contributed by atoms with E-state index < -0.39 is 37.4 Å². The number of anilines is 2. The number of carbonyl (C=O) groups excluding carboxylic acids is 1. The number of rotatable bonds is 7. The molecule has 0 saturated heterocycles. The van der Waals surface area contributed by atoms with E-state index in [-0.39, 0.29) is 13.6 Å². The van der Waals surface area contributed by atoms with E-state index in [1.54, 1.807) is 68.4 Å². The van der Waals surface area contributed by atoms with Crippen LogP contribution in [0.15, 0.2) is 71.6 Å². The Kier molecular flexibility index (Phi) is 6.91. The number of sulfonamides is 1. The van der Waals surface area contributed by atoms with Crippen LogP contribution < -0.4 is 31.5 Å². The minimum absolute atomic E-state index is 0.00491. The molecule has 8 nitrogen and oxygen atoms in total. The third-order valence-electron chi connectivity index (χ3n) is 4.38. The van der Waals surface area contributed by atoms with Crippen molar-refractivity contribution in [3.8, 4) is 0 Å². The Morgan fingerprint density at radius 1 is 0.968 bits per heavy atom. The van der Waals surface area contributed by atoms with Crippen molar-refractivity contribution in [3.63, 3.8) is 0 Å². The van der Waals surface area contributed by atoms with Gasteiger partial charge >= 0.3 is 166 Å². The molecule has 0 aliphatic heterocycles. The Hall–Kier alpha value is -2.99. The first kappa shape index (κ1) is 22.7. The summed E-state index contributed by atoms with van der Waals surface area (Å²) >= 11 is -1.29. The predicted octanol–water partition coefficient (Wildman–Crippen LogP) is 0.698. The van der Waals surface area contributed by atoms with Gasteiger partial charge in [-0.05, 0) is 6.92 Å².